The molecule has 1 aromatic heterocycles. The Morgan fingerprint density at radius 2 is 1.90 bits per heavy atom. The second kappa shape index (κ2) is 5.65. The maximum Gasteiger partial charge on any atom is 0.211 e. The molecule has 110 valence electrons. The first kappa shape index (κ1) is 15.2. The molecule has 2 rings (SSSR count). The van der Waals surface area contributed by atoms with Crippen molar-refractivity contribution in [3.63, 3.8) is 0 Å². The van der Waals surface area contributed by atoms with E-state index in [1.54, 1.807) is 31.2 Å². The summed E-state index contributed by atoms with van der Waals surface area (Å²) >= 11 is 0. The van der Waals surface area contributed by atoms with Crippen LogP contribution in [0.3, 0.4) is 0 Å². The quantitative estimate of drug-likeness (QED) is 0.808. The fourth-order valence-electron chi connectivity index (χ4n) is 2.17. The lowest BCUT2D eigenvalue weighted by Gasteiger charge is -2.13. The van der Waals surface area contributed by atoms with E-state index in [-0.39, 0.29) is 22.1 Å². The van der Waals surface area contributed by atoms with Crippen molar-refractivity contribution in [2.24, 2.45) is 0 Å². The zero-order valence-corrected chi connectivity index (χ0v) is 12.8. The second-order valence-electron chi connectivity index (χ2n) is 4.59. The van der Waals surface area contributed by atoms with Crippen molar-refractivity contribution in [2.45, 2.75) is 11.8 Å². The molecule has 1 heterocycles. The standard InChI is InChI=1S/C15H15NO4S/c1-10-11(14(17)12-6-4-5-9-16-12)7-8-13(20-2)15(10)21(3,18)19/h4-9H,1-3H3. The second-order valence-corrected chi connectivity index (χ2v) is 6.54. The largest absolute Gasteiger partial charge is 0.495 e. The summed E-state index contributed by atoms with van der Waals surface area (Å²) in [6.07, 6.45) is 2.61. The van der Waals surface area contributed by atoms with Crippen molar-refractivity contribution in [3.8, 4) is 5.75 Å². The van der Waals surface area contributed by atoms with Gasteiger partial charge in [0, 0.05) is 18.0 Å². The third-order valence-electron chi connectivity index (χ3n) is 3.10. The molecule has 0 fully saturated rings. The number of hydrogen-bond donors (Lipinski definition) is 0. The molecule has 0 aliphatic carbocycles. The number of benzene rings is 1. The number of rotatable bonds is 4. The molecule has 0 atom stereocenters. The number of methoxy groups -OCH3 is 1. The summed E-state index contributed by atoms with van der Waals surface area (Å²) in [5.41, 5.74) is 0.938. The molecule has 2 aromatic rings. The van der Waals surface area contributed by atoms with Crippen LogP contribution in [0.1, 0.15) is 21.6 Å². The average molecular weight is 305 g/mol. The Labute approximate surface area is 123 Å². The topological polar surface area (TPSA) is 73.3 Å². The Bertz CT molecular complexity index is 783. The molecule has 0 amide bonds. The highest BCUT2D eigenvalue weighted by molar-refractivity contribution is 7.90. The summed E-state index contributed by atoms with van der Waals surface area (Å²) in [6, 6.07) is 8.04. The van der Waals surface area contributed by atoms with Crippen molar-refractivity contribution in [2.75, 3.05) is 13.4 Å². The highest BCUT2D eigenvalue weighted by Gasteiger charge is 2.23. The molecule has 6 heteroatoms. The Morgan fingerprint density at radius 1 is 1.19 bits per heavy atom. The van der Waals surface area contributed by atoms with E-state index in [1.165, 1.54) is 19.4 Å². The van der Waals surface area contributed by atoms with E-state index in [1.807, 2.05) is 0 Å². The van der Waals surface area contributed by atoms with Gasteiger partial charge in [-0.2, -0.15) is 0 Å². The van der Waals surface area contributed by atoms with Crippen LogP contribution >= 0.6 is 0 Å². The van der Waals surface area contributed by atoms with Gasteiger partial charge in [-0.3, -0.25) is 9.78 Å². The predicted molar refractivity (Wildman–Crippen MR) is 78.5 cm³/mol. The molecular weight excluding hydrogens is 290 g/mol. The molecule has 21 heavy (non-hydrogen) atoms. The Hall–Kier alpha value is -2.21. The van der Waals surface area contributed by atoms with Gasteiger partial charge in [0.15, 0.2) is 9.84 Å². The van der Waals surface area contributed by atoms with Crippen LogP contribution in [-0.2, 0) is 9.84 Å². The molecule has 0 saturated carbocycles. The molecule has 0 N–H and O–H groups in total. The zero-order valence-electron chi connectivity index (χ0n) is 12.0. The number of sulfone groups is 1. The van der Waals surface area contributed by atoms with Crippen molar-refractivity contribution in [1.82, 2.24) is 4.98 Å². The van der Waals surface area contributed by atoms with Crippen LogP contribution in [0.15, 0.2) is 41.4 Å². The molecule has 0 unspecified atom stereocenters. The van der Waals surface area contributed by atoms with Crippen LogP contribution in [0.5, 0.6) is 5.75 Å². The van der Waals surface area contributed by atoms with Crippen molar-refractivity contribution < 1.29 is 17.9 Å². The highest BCUT2D eigenvalue weighted by Crippen LogP contribution is 2.30. The summed E-state index contributed by atoms with van der Waals surface area (Å²) in [7, 11) is -2.12. The van der Waals surface area contributed by atoms with Crippen LogP contribution < -0.4 is 4.74 Å². The van der Waals surface area contributed by atoms with Gasteiger partial charge in [-0.15, -0.1) is 0 Å². The van der Waals surface area contributed by atoms with E-state index in [9.17, 15) is 13.2 Å². The fourth-order valence-corrected chi connectivity index (χ4v) is 3.35. The Morgan fingerprint density at radius 3 is 2.43 bits per heavy atom. The number of pyridine rings is 1. The van der Waals surface area contributed by atoms with Crippen LogP contribution in [0, 0.1) is 6.92 Å². The summed E-state index contributed by atoms with van der Waals surface area (Å²) < 4.78 is 29.0. The molecule has 5 nitrogen and oxygen atoms in total. The van der Waals surface area contributed by atoms with E-state index in [4.69, 9.17) is 4.74 Å². The summed E-state index contributed by atoms with van der Waals surface area (Å²) in [6.45, 7) is 1.59. The van der Waals surface area contributed by atoms with Crippen LogP contribution in [0.25, 0.3) is 0 Å². The Kier molecular flexibility index (Phi) is 4.09. The first-order valence-corrected chi connectivity index (χ1v) is 8.08. The molecule has 0 aliphatic rings. The van der Waals surface area contributed by atoms with Gasteiger partial charge in [0.2, 0.25) is 5.78 Å². The van der Waals surface area contributed by atoms with E-state index in [0.29, 0.717) is 11.1 Å². The van der Waals surface area contributed by atoms with E-state index in [0.717, 1.165) is 6.26 Å². The molecule has 0 radical (unpaired) electrons. The number of aromatic nitrogens is 1. The summed E-state index contributed by atoms with van der Waals surface area (Å²) in [4.78, 5) is 16.5. The lowest BCUT2D eigenvalue weighted by Crippen LogP contribution is -2.11. The van der Waals surface area contributed by atoms with E-state index in [2.05, 4.69) is 4.98 Å². The van der Waals surface area contributed by atoms with Crippen LogP contribution in [0.4, 0.5) is 0 Å². The number of carbonyl (C=O) groups is 1. The minimum Gasteiger partial charge on any atom is -0.495 e. The minimum absolute atomic E-state index is 0.0341. The molecule has 0 spiro atoms. The number of nitrogens with zero attached hydrogens (tertiary/aromatic N) is 1. The van der Waals surface area contributed by atoms with Crippen molar-refractivity contribution >= 4 is 15.6 Å². The SMILES string of the molecule is COc1ccc(C(=O)c2ccccn2)c(C)c1S(C)(=O)=O. The third kappa shape index (κ3) is 2.95. The third-order valence-corrected chi connectivity index (χ3v) is 4.35. The predicted octanol–water partition coefficient (Wildman–Crippen LogP) is 2.03. The van der Waals surface area contributed by atoms with Crippen LogP contribution in [-0.4, -0.2) is 32.6 Å². The Balaban J connectivity index is 2.65. The molecule has 1 aromatic carbocycles. The van der Waals surface area contributed by atoms with E-state index >= 15 is 0 Å². The van der Waals surface area contributed by atoms with Gasteiger partial charge in [0.25, 0.3) is 0 Å². The average Bonchev–Trinajstić information content (AvgIpc) is 2.45. The van der Waals surface area contributed by atoms with E-state index < -0.39 is 9.84 Å². The molecule has 0 bridgehead atoms. The normalized spacial score (nSPS) is 11.2. The van der Waals surface area contributed by atoms with Gasteiger partial charge in [-0.1, -0.05) is 6.07 Å². The smallest absolute Gasteiger partial charge is 0.211 e. The maximum atomic E-state index is 12.4. The van der Waals surface area contributed by atoms with Gasteiger partial charge in [-0.25, -0.2) is 8.42 Å². The number of ketones is 1. The van der Waals surface area contributed by atoms with Gasteiger partial charge in [0.1, 0.15) is 16.3 Å². The number of ether oxygens (including phenoxy) is 1. The number of hydrogen-bond acceptors (Lipinski definition) is 5. The lowest BCUT2D eigenvalue weighted by atomic mass is 10.0. The van der Waals surface area contributed by atoms with Crippen LogP contribution in [0.2, 0.25) is 0 Å². The van der Waals surface area contributed by atoms with Crippen molar-refractivity contribution in [3.05, 3.63) is 53.3 Å². The molecule has 0 aliphatic heterocycles. The molecule has 0 saturated heterocycles. The van der Waals surface area contributed by atoms with Gasteiger partial charge in [0.05, 0.1) is 7.11 Å². The summed E-state index contributed by atoms with van der Waals surface area (Å²) in [5, 5.41) is 0. The monoisotopic (exact) mass is 305 g/mol. The maximum absolute atomic E-state index is 12.4. The lowest BCUT2D eigenvalue weighted by molar-refractivity contribution is 0.103. The highest BCUT2D eigenvalue weighted by atomic mass is 32.2. The first-order chi connectivity index (χ1) is 9.86. The minimum atomic E-state index is -3.51. The van der Waals surface area contributed by atoms with Crippen molar-refractivity contribution in [1.29, 1.82) is 0 Å². The number of carbonyl (C=O) groups excluding carboxylic acids is 1. The summed E-state index contributed by atoms with van der Waals surface area (Å²) in [5.74, 6) is -0.0896. The first-order valence-electron chi connectivity index (χ1n) is 6.19. The van der Waals surface area contributed by atoms with Gasteiger partial charge in [-0.05, 0) is 36.8 Å². The van der Waals surface area contributed by atoms with Gasteiger partial charge < -0.3 is 4.74 Å². The zero-order chi connectivity index (χ0) is 15.6. The van der Waals surface area contributed by atoms with Gasteiger partial charge >= 0.3 is 0 Å². The molecular formula is C15H15NO4S. The fraction of sp³-hybridized carbons (Fsp3) is 0.200.